The lowest BCUT2D eigenvalue weighted by atomic mass is 9.91. The molecule has 0 saturated carbocycles. The minimum absolute atomic E-state index is 0.0316. The number of hydrogen-bond acceptors (Lipinski definition) is 3. The van der Waals surface area contributed by atoms with E-state index in [1.807, 2.05) is 53.2 Å². The molecular formula is C23H24N4O. The number of hydrogen-bond donors (Lipinski definition) is 1. The second kappa shape index (κ2) is 7.08. The minimum atomic E-state index is -0.303. The molecule has 4 rings (SSSR count). The van der Waals surface area contributed by atoms with Crippen LogP contribution < -0.4 is 5.32 Å². The summed E-state index contributed by atoms with van der Waals surface area (Å²) in [5.41, 5.74) is 2.52. The molecule has 0 radical (unpaired) electrons. The third-order valence-electron chi connectivity index (χ3n) is 4.97. The topological polar surface area (TPSA) is 59.8 Å². The van der Waals surface area contributed by atoms with E-state index in [0.717, 1.165) is 27.4 Å². The smallest absolute Gasteiger partial charge is 0.226 e. The van der Waals surface area contributed by atoms with E-state index in [2.05, 4.69) is 54.6 Å². The second-order valence-corrected chi connectivity index (χ2v) is 8.17. The van der Waals surface area contributed by atoms with Crippen LogP contribution in [0.4, 0.5) is 0 Å². The monoisotopic (exact) mass is 372 g/mol. The molecule has 28 heavy (non-hydrogen) atoms. The number of nitrogens with one attached hydrogen (secondary N) is 1. The van der Waals surface area contributed by atoms with Crippen LogP contribution in [0.25, 0.3) is 21.8 Å². The predicted molar refractivity (Wildman–Crippen MR) is 112 cm³/mol. The zero-order valence-electron chi connectivity index (χ0n) is 16.4. The molecule has 5 heteroatoms. The Bertz CT molecular complexity index is 1130. The van der Waals surface area contributed by atoms with Gasteiger partial charge in [-0.05, 0) is 28.5 Å². The van der Waals surface area contributed by atoms with Crippen LogP contribution in [-0.2, 0) is 11.2 Å². The number of benzene rings is 3. The lowest BCUT2D eigenvalue weighted by molar-refractivity contribution is -0.122. The maximum absolute atomic E-state index is 13.0. The molecule has 1 heterocycles. The molecule has 1 atom stereocenters. The molecule has 142 valence electrons. The van der Waals surface area contributed by atoms with Gasteiger partial charge in [-0.2, -0.15) is 0 Å². The van der Waals surface area contributed by atoms with Gasteiger partial charge in [0.15, 0.2) is 0 Å². The SMILES string of the molecule is CC(C)(C)C(NC(=O)Cc1cccc2ccccc12)n1nnc2ccccc21. The second-order valence-electron chi connectivity index (χ2n) is 8.17. The third-order valence-corrected chi connectivity index (χ3v) is 4.97. The Balaban J connectivity index is 1.63. The van der Waals surface area contributed by atoms with Crippen molar-refractivity contribution in [2.45, 2.75) is 33.4 Å². The summed E-state index contributed by atoms with van der Waals surface area (Å²) in [7, 11) is 0. The van der Waals surface area contributed by atoms with Gasteiger partial charge in [0.1, 0.15) is 11.7 Å². The molecule has 0 fully saturated rings. The number of aromatic nitrogens is 3. The van der Waals surface area contributed by atoms with Gasteiger partial charge >= 0.3 is 0 Å². The normalized spacial score (nSPS) is 13.0. The summed E-state index contributed by atoms with van der Waals surface area (Å²) in [6.45, 7) is 6.27. The molecule has 0 aliphatic carbocycles. The van der Waals surface area contributed by atoms with Crippen LogP contribution in [0, 0.1) is 5.41 Å². The van der Waals surface area contributed by atoms with Gasteiger partial charge in [-0.3, -0.25) is 4.79 Å². The maximum Gasteiger partial charge on any atom is 0.226 e. The molecule has 4 aromatic rings. The molecule has 1 unspecified atom stereocenters. The van der Waals surface area contributed by atoms with E-state index in [1.54, 1.807) is 0 Å². The zero-order valence-corrected chi connectivity index (χ0v) is 16.4. The largest absolute Gasteiger partial charge is 0.333 e. The summed E-state index contributed by atoms with van der Waals surface area (Å²) in [5.74, 6) is -0.0316. The Labute approximate surface area is 164 Å². The van der Waals surface area contributed by atoms with Gasteiger partial charge in [-0.1, -0.05) is 80.6 Å². The highest BCUT2D eigenvalue weighted by Crippen LogP contribution is 2.30. The fourth-order valence-electron chi connectivity index (χ4n) is 3.55. The molecule has 3 aromatic carbocycles. The summed E-state index contributed by atoms with van der Waals surface area (Å²) >= 11 is 0. The van der Waals surface area contributed by atoms with Crippen LogP contribution in [0.2, 0.25) is 0 Å². The van der Waals surface area contributed by atoms with Crippen LogP contribution in [0.5, 0.6) is 0 Å². The van der Waals surface area contributed by atoms with Crippen LogP contribution in [0.3, 0.4) is 0 Å². The van der Waals surface area contributed by atoms with Gasteiger partial charge in [0.05, 0.1) is 11.9 Å². The van der Waals surface area contributed by atoms with E-state index in [0.29, 0.717) is 6.42 Å². The van der Waals surface area contributed by atoms with Crippen LogP contribution in [-0.4, -0.2) is 20.9 Å². The van der Waals surface area contributed by atoms with Gasteiger partial charge in [0.25, 0.3) is 0 Å². The van der Waals surface area contributed by atoms with Crippen molar-refractivity contribution in [3.63, 3.8) is 0 Å². The predicted octanol–water partition coefficient (Wildman–Crippen LogP) is 4.49. The van der Waals surface area contributed by atoms with Crippen molar-refractivity contribution in [3.05, 3.63) is 72.3 Å². The van der Waals surface area contributed by atoms with Crippen molar-refractivity contribution in [1.29, 1.82) is 0 Å². The van der Waals surface area contributed by atoms with Gasteiger partial charge in [0, 0.05) is 5.41 Å². The van der Waals surface area contributed by atoms with Crippen molar-refractivity contribution >= 4 is 27.7 Å². The highest BCUT2D eigenvalue weighted by Gasteiger charge is 2.30. The Kier molecular flexibility index (Phi) is 4.59. The Morgan fingerprint density at radius 3 is 2.54 bits per heavy atom. The van der Waals surface area contributed by atoms with Crippen LogP contribution in [0.15, 0.2) is 66.7 Å². The Morgan fingerprint density at radius 2 is 1.71 bits per heavy atom. The fourth-order valence-corrected chi connectivity index (χ4v) is 3.55. The first-order valence-electron chi connectivity index (χ1n) is 9.49. The first kappa shape index (κ1) is 18.2. The first-order valence-corrected chi connectivity index (χ1v) is 9.49. The van der Waals surface area contributed by atoms with Gasteiger partial charge in [-0.25, -0.2) is 4.68 Å². The summed E-state index contributed by atoms with van der Waals surface area (Å²) in [6.07, 6.45) is 0.0166. The number of carbonyl (C=O) groups is 1. The molecule has 1 N–H and O–H groups in total. The van der Waals surface area contributed by atoms with Crippen molar-refractivity contribution in [2.24, 2.45) is 5.41 Å². The average Bonchev–Trinajstić information content (AvgIpc) is 3.09. The summed E-state index contributed by atoms with van der Waals surface area (Å²) < 4.78 is 1.82. The summed E-state index contributed by atoms with van der Waals surface area (Å²) in [4.78, 5) is 13.0. The molecule has 0 saturated heterocycles. The summed E-state index contributed by atoms with van der Waals surface area (Å²) in [5, 5.41) is 14.0. The van der Waals surface area contributed by atoms with Gasteiger partial charge in [0.2, 0.25) is 5.91 Å². The first-order chi connectivity index (χ1) is 13.4. The number of rotatable bonds is 4. The fraction of sp³-hybridized carbons (Fsp3) is 0.261. The van der Waals surface area contributed by atoms with Crippen molar-refractivity contribution in [1.82, 2.24) is 20.3 Å². The molecule has 0 spiro atoms. The highest BCUT2D eigenvalue weighted by atomic mass is 16.1. The van der Waals surface area contributed by atoms with E-state index < -0.39 is 0 Å². The van der Waals surface area contributed by atoms with E-state index in [9.17, 15) is 4.79 Å². The molecule has 0 aliphatic rings. The highest BCUT2D eigenvalue weighted by molar-refractivity contribution is 5.90. The molecule has 1 amide bonds. The summed E-state index contributed by atoms with van der Waals surface area (Å²) in [6, 6.07) is 22.0. The molecule has 1 aromatic heterocycles. The number of para-hydroxylation sites is 1. The number of fused-ring (bicyclic) bond motifs is 2. The Morgan fingerprint density at radius 1 is 1.00 bits per heavy atom. The van der Waals surface area contributed by atoms with Gasteiger partial charge < -0.3 is 5.32 Å². The minimum Gasteiger partial charge on any atom is -0.333 e. The lowest BCUT2D eigenvalue weighted by Crippen LogP contribution is -2.41. The van der Waals surface area contributed by atoms with Crippen molar-refractivity contribution in [2.75, 3.05) is 0 Å². The zero-order chi connectivity index (χ0) is 19.7. The van der Waals surface area contributed by atoms with E-state index >= 15 is 0 Å². The quantitative estimate of drug-likeness (QED) is 0.574. The standard InChI is InChI=1S/C23H24N4O/c1-23(2,3)22(27-20-14-7-6-13-19(20)25-26-27)24-21(28)15-17-11-8-10-16-9-4-5-12-18(16)17/h4-14,22H,15H2,1-3H3,(H,24,28). The van der Waals surface area contributed by atoms with E-state index in [1.165, 1.54) is 0 Å². The van der Waals surface area contributed by atoms with Crippen LogP contribution >= 0.6 is 0 Å². The van der Waals surface area contributed by atoms with E-state index in [4.69, 9.17) is 0 Å². The average molecular weight is 372 g/mol. The number of nitrogens with zero attached hydrogens (tertiary/aromatic N) is 3. The molecule has 0 aliphatic heterocycles. The van der Waals surface area contributed by atoms with Gasteiger partial charge in [-0.15, -0.1) is 5.10 Å². The van der Waals surface area contributed by atoms with Crippen molar-refractivity contribution < 1.29 is 4.79 Å². The van der Waals surface area contributed by atoms with E-state index in [-0.39, 0.29) is 17.5 Å². The van der Waals surface area contributed by atoms with Crippen LogP contribution in [0.1, 0.15) is 32.5 Å². The molecular weight excluding hydrogens is 348 g/mol. The lowest BCUT2D eigenvalue weighted by Gasteiger charge is -2.31. The number of amides is 1. The number of carbonyl (C=O) groups excluding carboxylic acids is 1. The Hall–Kier alpha value is -3.21. The molecule has 0 bridgehead atoms. The molecule has 5 nitrogen and oxygen atoms in total. The third kappa shape index (κ3) is 3.48. The van der Waals surface area contributed by atoms with Crippen molar-refractivity contribution in [3.8, 4) is 0 Å². The maximum atomic E-state index is 13.0.